The minimum Gasteiger partial charge on any atom is -0.345 e. The van der Waals surface area contributed by atoms with Gasteiger partial charge in [0.1, 0.15) is 0 Å². The molecule has 0 aliphatic heterocycles. The predicted molar refractivity (Wildman–Crippen MR) is 100.0 cm³/mol. The Morgan fingerprint density at radius 3 is 2.64 bits per heavy atom. The second kappa shape index (κ2) is 6.84. The van der Waals surface area contributed by atoms with E-state index in [1.807, 2.05) is 48.9 Å². The van der Waals surface area contributed by atoms with Gasteiger partial charge in [-0.2, -0.15) is 5.10 Å². The summed E-state index contributed by atoms with van der Waals surface area (Å²) in [6.07, 6.45) is 1.75. The van der Waals surface area contributed by atoms with Gasteiger partial charge in [0, 0.05) is 16.5 Å². The van der Waals surface area contributed by atoms with Crippen LogP contribution in [0.3, 0.4) is 0 Å². The maximum Gasteiger partial charge on any atom is 0.253 e. The monoisotopic (exact) mass is 356 g/mol. The molecule has 0 bridgehead atoms. The van der Waals surface area contributed by atoms with Gasteiger partial charge in [-0.3, -0.25) is 4.79 Å². The second-order valence-corrected chi connectivity index (χ2v) is 6.84. The Morgan fingerprint density at radius 1 is 1.24 bits per heavy atom. The SMILES string of the molecule is Cc1nc2c(cnn2C(C)C)cc1C(=O)N[C@H](C)c1ccccc1Cl. The summed E-state index contributed by atoms with van der Waals surface area (Å²) in [6.45, 7) is 7.86. The van der Waals surface area contributed by atoms with E-state index >= 15 is 0 Å². The van der Waals surface area contributed by atoms with Gasteiger partial charge in [-0.15, -0.1) is 0 Å². The van der Waals surface area contributed by atoms with E-state index in [9.17, 15) is 4.79 Å². The van der Waals surface area contributed by atoms with Crippen molar-refractivity contribution in [3.8, 4) is 0 Å². The standard InChI is InChI=1S/C19H21ClN4O/c1-11(2)24-18-14(10-21-24)9-16(13(4)22-18)19(25)23-12(3)15-7-5-6-8-17(15)20/h5-12H,1-4H3,(H,23,25)/t12-/m1/s1. The Bertz CT molecular complexity index is 932. The molecule has 0 saturated carbocycles. The van der Waals surface area contributed by atoms with Crippen LogP contribution in [0.4, 0.5) is 0 Å². The number of pyridine rings is 1. The van der Waals surface area contributed by atoms with Crippen LogP contribution in [0.2, 0.25) is 5.02 Å². The number of fused-ring (bicyclic) bond motifs is 1. The van der Waals surface area contributed by atoms with Crippen molar-refractivity contribution in [1.29, 1.82) is 0 Å². The fourth-order valence-corrected chi connectivity index (χ4v) is 3.15. The fraction of sp³-hybridized carbons (Fsp3) is 0.316. The number of nitrogens with one attached hydrogen (secondary N) is 1. The lowest BCUT2D eigenvalue weighted by Crippen LogP contribution is -2.27. The summed E-state index contributed by atoms with van der Waals surface area (Å²) in [5.41, 5.74) is 2.91. The van der Waals surface area contributed by atoms with Crippen LogP contribution in [0, 0.1) is 6.92 Å². The van der Waals surface area contributed by atoms with Crippen LogP contribution in [-0.2, 0) is 0 Å². The number of aryl methyl sites for hydroxylation is 1. The number of aromatic nitrogens is 3. The van der Waals surface area contributed by atoms with Crippen molar-refractivity contribution in [2.75, 3.05) is 0 Å². The van der Waals surface area contributed by atoms with E-state index in [1.54, 1.807) is 6.20 Å². The van der Waals surface area contributed by atoms with Gasteiger partial charge >= 0.3 is 0 Å². The van der Waals surface area contributed by atoms with Gasteiger partial charge in [0.25, 0.3) is 5.91 Å². The summed E-state index contributed by atoms with van der Waals surface area (Å²) in [4.78, 5) is 17.3. The smallest absolute Gasteiger partial charge is 0.253 e. The van der Waals surface area contributed by atoms with E-state index in [1.165, 1.54) is 0 Å². The number of amides is 1. The summed E-state index contributed by atoms with van der Waals surface area (Å²) in [5.74, 6) is -0.170. The molecule has 0 spiro atoms. The van der Waals surface area contributed by atoms with E-state index < -0.39 is 0 Å². The van der Waals surface area contributed by atoms with Gasteiger partial charge in [0.05, 0.1) is 23.5 Å². The Labute approximate surface area is 152 Å². The highest BCUT2D eigenvalue weighted by Gasteiger charge is 2.18. The molecule has 2 aromatic heterocycles. The molecule has 6 heteroatoms. The van der Waals surface area contributed by atoms with Crippen molar-refractivity contribution >= 4 is 28.5 Å². The number of hydrogen-bond donors (Lipinski definition) is 1. The second-order valence-electron chi connectivity index (χ2n) is 6.43. The first-order chi connectivity index (χ1) is 11.9. The Morgan fingerprint density at radius 2 is 1.96 bits per heavy atom. The van der Waals surface area contributed by atoms with Crippen LogP contribution in [0.15, 0.2) is 36.5 Å². The molecule has 1 atom stereocenters. The number of benzene rings is 1. The number of halogens is 1. The zero-order valence-corrected chi connectivity index (χ0v) is 15.5. The molecule has 3 aromatic rings. The lowest BCUT2D eigenvalue weighted by molar-refractivity contribution is 0.0939. The molecule has 0 unspecified atom stereocenters. The zero-order chi connectivity index (χ0) is 18.1. The highest BCUT2D eigenvalue weighted by atomic mass is 35.5. The molecule has 2 heterocycles. The van der Waals surface area contributed by atoms with Gasteiger partial charge in [0.2, 0.25) is 0 Å². The fourth-order valence-electron chi connectivity index (χ4n) is 2.85. The number of carbonyl (C=O) groups is 1. The molecule has 1 aromatic carbocycles. The normalized spacial score (nSPS) is 12.6. The highest BCUT2D eigenvalue weighted by Crippen LogP contribution is 2.24. The molecule has 5 nitrogen and oxygen atoms in total. The summed E-state index contributed by atoms with van der Waals surface area (Å²) in [6, 6.07) is 9.36. The van der Waals surface area contributed by atoms with Crippen molar-refractivity contribution in [2.24, 2.45) is 0 Å². The molecule has 0 fully saturated rings. The lowest BCUT2D eigenvalue weighted by atomic mass is 10.1. The highest BCUT2D eigenvalue weighted by molar-refractivity contribution is 6.31. The number of hydrogen-bond acceptors (Lipinski definition) is 3. The molecule has 1 N–H and O–H groups in total. The van der Waals surface area contributed by atoms with Crippen LogP contribution in [0.5, 0.6) is 0 Å². The molecule has 130 valence electrons. The van der Waals surface area contributed by atoms with Crippen LogP contribution < -0.4 is 5.32 Å². The quantitative estimate of drug-likeness (QED) is 0.750. The zero-order valence-electron chi connectivity index (χ0n) is 14.7. The van der Waals surface area contributed by atoms with Crippen LogP contribution in [0.25, 0.3) is 11.0 Å². The molecular weight excluding hydrogens is 336 g/mol. The maximum atomic E-state index is 12.7. The molecule has 1 amide bonds. The Kier molecular flexibility index (Phi) is 4.77. The van der Waals surface area contributed by atoms with E-state index in [0.717, 1.165) is 16.6 Å². The minimum absolute atomic E-state index is 0.170. The number of rotatable bonds is 4. The Balaban J connectivity index is 1.90. The van der Waals surface area contributed by atoms with Gasteiger partial charge in [-0.25, -0.2) is 9.67 Å². The first-order valence-electron chi connectivity index (χ1n) is 8.28. The minimum atomic E-state index is -0.199. The molecule has 3 rings (SSSR count). The molecule has 0 aliphatic carbocycles. The topological polar surface area (TPSA) is 59.8 Å². The van der Waals surface area contributed by atoms with Crippen molar-refractivity contribution in [3.05, 3.63) is 58.4 Å². The summed E-state index contributed by atoms with van der Waals surface area (Å²) in [5, 5.41) is 8.85. The molecule has 25 heavy (non-hydrogen) atoms. The summed E-state index contributed by atoms with van der Waals surface area (Å²) >= 11 is 6.22. The summed E-state index contributed by atoms with van der Waals surface area (Å²) < 4.78 is 1.86. The third-order valence-corrected chi connectivity index (χ3v) is 4.56. The average Bonchev–Trinajstić information content (AvgIpc) is 2.97. The van der Waals surface area contributed by atoms with Crippen LogP contribution in [-0.4, -0.2) is 20.7 Å². The summed E-state index contributed by atoms with van der Waals surface area (Å²) in [7, 11) is 0. The van der Waals surface area contributed by atoms with Gasteiger partial charge in [0.15, 0.2) is 5.65 Å². The van der Waals surface area contributed by atoms with Gasteiger partial charge < -0.3 is 5.32 Å². The van der Waals surface area contributed by atoms with E-state index in [2.05, 4.69) is 29.2 Å². The third-order valence-electron chi connectivity index (χ3n) is 4.21. The van der Waals surface area contributed by atoms with E-state index in [4.69, 9.17) is 11.6 Å². The molecule has 0 aliphatic rings. The number of carbonyl (C=O) groups excluding carboxylic acids is 1. The molecular formula is C19H21ClN4O. The first-order valence-corrected chi connectivity index (χ1v) is 8.66. The predicted octanol–water partition coefficient (Wildman–Crippen LogP) is 4.47. The molecule has 0 saturated heterocycles. The largest absolute Gasteiger partial charge is 0.345 e. The van der Waals surface area contributed by atoms with Crippen LogP contribution >= 0.6 is 11.6 Å². The van der Waals surface area contributed by atoms with Crippen molar-refractivity contribution < 1.29 is 4.79 Å². The van der Waals surface area contributed by atoms with Gasteiger partial charge in [-0.1, -0.05) is 29.8 Å². The average molecular weight is 357 g/mol. The number of nitrogens with zero attached hydrogens (tertiary/aromatic N) is 3. The Hall–Kier alpha value is -2.40. The third kappa shape index (κ3) is 3.37. The van der Waals surface area contributed by atoms with E-state index in [0.29, 0.717) is 16.3 Å². The van der Waals surface area contributed by atoms with Crippen molar-refractivity contribution in [2.45, 2.75) is 39.8 Å². The first kappa shape index (κ1) is 17.4. The maximum absolute atomic E-state index is 12.7. The van der Waals surface area contributed by atoms with Gasteiger partial charge in [-0.05, 0) is 45.4 Å². The van der Waals surface area contributed by atoms with Crippen LogP contribution in [0.1, 0.15) is 54.5 Å². The van der Waals surface area contributed by atoms with E-state index in [-0.39, 0.29) is 18.0 Å². The van der Waals surface area contributed by atoms with Crippen molar-refractivity contribution in [1.82, 2.24) is 20.1 Å². The lowest BCUT2D eigenvalue weighted by Gasteiger charge is -2.16. The molecule has 0 radical (unpaired) electrons. The van der Waals surface area contributed by atoms with Crippen molar-refractivity contribution in [3.63, 3.8) is 0 Å².